The molecule has 0 bridgehead atoms. The van der Waals surface area contributed by atoms with E-state index < -0.39 is 31.3 Å². The van der Waals surface area contributed by atoms with Crippen molar-refractivity contribution in [3.63, 3.8) is 0 Å². The van der Waals surface area contributed by atoms with Gasteiger partial charge in [-0.05, 0) is 0 Å². The molecule has 0 saturated heterocycles. The third-order valence-electron chi connectivity index (χ3n) is 5.69. The Morgan fingerprint density at radius 3 is 2.29 bits per heavy atom. The SMILES string of the molecule is COc1ccc(-c2ccc(C(=O)NCCC[AsH]c3nsc4c(S(=O)(=O)NC(C)(C)C)cccc34)cc2)cc1. The van der Waals surface area contributed by atoms with E-state index in [1.807, 2.05) is 75.4 Å². The van der Waals surface area contributed by atoms with E-state index in [9.17, 15) is 13.2 Å². The molecule has 0 aliphatic heterocycles. The van der Waals surface area contributed by atoms with Crippen molar-refractivity contribution in [2.24, 2.45) is 0 Å². The summed E-state index contributed by atoms with van der Waals surface area (Å²) in [7, 11) is -1.99. The summed E-state index contributed by atoms with van der Waals surface area (Å²) in [5.41, 5.74) is 2.16. The number of aromatic nitrogens is 1. The summed E-state index contributed by atoms with van der Waals surface area (Å²) in [5.74, 6) is 0.716. The molecule has 1 aromatic heterocycles. The quantitative estimate of drug-likeness (QED) is 0.205. The Bertz CT molecular complexity index is 1510. The van der Waals surface area contributed by atoms with Crippen molar-refractivity contribution in [3.8, 4) is 16.9 Å². The molecule has 7 nitrogen and oxygen atoms in total. The van der Waals surface area contributed by atoms with Crippen LogP contribution in [0, 0.1) is 0 Å². The molecule has 0 aliphatic carbocycles. The van der Waals surface area contributed by atoms with Crippen molar-refractivity contribution >= 4 is 57.8 Å². The molecule has 1 heterocycles. The second kappa shape index (κ2) is 12.0. The van der Waals surface area contributed by atoms with Crippen LogP contribution in [0.4, 0.5) is 0 Å². The van der Waals surface area contributed by atoms with Crippen LogP contribution in [0.5, 0.6) is 5.75 Å². The Hall–Kier alpha value is -2.71. The minimum atomic E-state index is -3.64. The van der Waals surface area contributed by atoms with Crippen LogP contribution in [0.3, 0.4) is 0 Å². The molecule has 0 spiro atoms. The van der Waals surface area contributed by atoms with E-state index in [1.54, 1.807) is 19.2 Å². The number of carbonyl (C=O) groups is 1. The third-order valence-corrected chi connectivity index (χ3v) is 11.6. The second-order valence-corrected chi connectivity index (χ2v) is 15.1. The fourth-order valence-corrected chi connectivity index (χ4v) is 9.63. The van der Waals surface area contributed by atoms with Gasteiger partial charge in [0.1, 0.15) is 5.75 Å². The van der Waals surface area contributed by atoms with Crippen LogP contribution in [-0.2, 0) is 10.0 Å². The molecule has 1 unspecified atom stereocenters. The molecule has 3 aromatic carbocycles. The third kappa shape index (κ3) is 7.02. The van der Waals surface area contributed by atoms with E-state index >= 15 is 0 Å². The second-order valence-electron chi connectivity index (χ2n) is 9.86. The van der Waals surface area contributed by atoms with Crippen LogP contribution in [0.1, 0.15) is 37.6 Å². The summed E-state index contributed by atoms with van der Waals surface area (Å²) in [6, 6.07) is 20.7. The van der Waals surface area contributed by atoms with Gasteiger partial charge in [0.15, 0.2) is 0 Å². The van der Waals surface area contributed by atoms with Crippen LogP contribution in [0.15, 0.2) is 71.6 Å². The van der Waals surface area contributed by atoms with Gasteiger partial charge in [-0.15, -0.1) is 0 Å². The Kier molecular flexibility index (Phi) is 8.93. The summed E-state index contributed by atoms with van der Waals surface area (Å²) in [6.07, 6.45) is 0.845. The molecule has 38 heavy (non-hydrogen) atoms. The van der Waals surface area contributed by atoms with E-state index in [1.165, 1.54) is 11.5 Å². The average Bonchev–Trinajstić information content (AvgIpc) is 3.30. The molecule has 0 radical (unpaired) electrons. The molecule has 1 atom stereocenters. The summed E-state index contributed by atoms with van der Waals surface area (Å²) >= 11 is 0.680. The maximum absolute atomic E-state index is 12.9. The van der Waals surface area contributed by atoms with Crippen molar-refractivity contribution in [1.82, 2.24) is 14.4 Å². The maximum atomic E-state index is 12.9. The van der Waals surface area contributed by atoms with Gasteiger partial charge in [-0.2, -0.15) is 0 Å². The van der Waals surface area contributed by atoms with Gasteiger partial charge in [-0.3, -0.25) is 0 Å². The van der Waals surface area contributed by atoms with Gasteiger partial charge in [-0.25, -0.2) is 0 Å². The van der Waals surface area contributed by atoms with Crippen LogP contribution in [0.2, 0.25) is 5.21 Å². The number of nitrogens with zero attached hydrogens (tertiary/aromatic N) is 1. The molecule has 0 fully saturated rings. The Balaban J connectivity index is 1.29. The fraction of sp³-hybridized carbons (Fsp3) is 0.286. The zero-order valence-corrected chi connectivity index (χ0v) is 25.6. The number of carbonyl (C=O) groups excluding carboxylic acids is 1. The number of ether oxygens (including phenoxy) is 1. The first-order valence-electron chi connectivity index (χ1n) is 12.3. The number of fused-ring (bicyclic) bond motifs is 1. The van der Waals surface area contributed by atoms with Crippen molar-refractivity contribution in [3.05, 3.63) is 72.3 Å². The predicted octanol–water partition coefficient (Wildman–Crippen LogP) is 4.35. The van der Waals surface area contributed by atoms with Crippen LogP contribution in [0.25, 0.3) is 21.2 Å². The molecule has 4 aromatic rings. The average molecular weight is 614 g/mol. The predicted molar refractivity (Wildman–Crippen MR) is 157 cm³/mol. The number of methoxy groups -OCH3 is 1. The Morgan fingerprint density at radius 2 is 1.66 bits per heavy atom. The van der Waals surface area contributed by atoms with Gasteiger partial charge in [0.25, 0.3) is 0 Å². The van der Waals surface area contributed by atoms with Crippen molar-refractivity contribution in [2.75, 3.05) is 13.7 Å². The molecule has 0 saturated carbocycles. The van der Waals surface area contributed by atoms with Crippen LogP contribution < -0.4 is 19.3 Å². The Morgan fingerprint density at radius 1 is 1.00 bits per heavy atom. The number of nitrogens with one attached hydrogen (secondary N) is 2. The number of benzene rings is 3. The molecule has 4 rings (SSSR count). The molecule has 200 valence electrons. The normalized spacial score (nSPS) is 12.3. The molecule has 1 amide bonds. The Labute approximate surface area is 234 Å². The number of sulfonamides is 1. The van der Waals surface area contributed by atoms with E-state index in [2.05, 4.69) is 14.4 Å². The number of hydrogen-bond donors (Lipinski definition) is 2. The first-order valence-corrected chi connectivity index (χ1v) is 17.1. The van der Waals surface area contributed by atoms with Crippen molar-refractivity contribution < 1.29 is 17.9 Å². The molecular formula is C28H32AsN3O4S2. The van der Waals surface area contributed by atoms with E-state index in [-0.39, 0.29) is 10.8 Å². The fourth-order valence-electron chi connectivity index (χ4n) is 3.93. The van der Waals surface area contributed by atoms with Crippen molar-refractivity contribution in [1.29, 1.82) is 0 Å². The topological polar surface area (TPSA) is 97.4 Å². The zero-order chi connectivity index (χ0) is 27.3. The van der Waals surface area contributed by atoms with Gasteiger partial charge in [0.05, 0.1) is 7.11 Å². The summed E-state index contributed by atoms with van der Waals surface area (Å²) < 4.78 is 40.0. The molecular weight excluding hydrogens is 581 g/mol. The van der Waals surface area contributed by atoms with E-state index in [0.29, 0.717) is 16.8 Å². The van der Waals surface area contributed by atoms with Crippen LogP contribution >= 0.6 is 11.5 Å². The minimum absolute atomic E-state index is 0.0911. The summed E-state index contributed by atoms with van der Waals surface area (Å²) in [4.78, 5) is 12.9. The van der Waals surface area contributed by atoms with E-state index in [0.717, 1.165) is 38.4 Å². The number of amides is 1. The number of hydrogen-bond acceptors (Lipinski definition) is 6. The molecule has 2 N–H and O–H groups in total. The van der Waals surface area contributed by atoms with Gasteiger partial charge >= 0.3 is 218 Å². The summed E-state index contributed by atoms with van der Waals surface area (Å²) in [5, 5.41) is 4.88. The molecule has 0 aliphatic rings. The van der Waals surface area contributed by atoms with Gasteiger partial charge < -0.3 is 4.74 Å². The zero-order valence-electron chi connectivity index (χ0n) is 21.9. The van der Waals surface area contributed by atoms with Crippen LogP contribution in [-0.4, -0.2) is 53.6 Å². The number of rotatable bonds is 10. The summed E-state index contributed by atoms with van der Waals surface area (Å²) in [6.45, 7) is 6.06. The van der Waals surface area contributed by atoms with Gasteiger partial charge in [0.2, 0.25) is 0 Å². The standard InChI is InChI=1S/C28H32AsN3O4S2/c1-28(2,3)32-38(34,35)24-8-5-7-23-25(24)37-31-26(23)29-17-6-18-30-27(33)21-11-9-19(10-12-21)20-13-15-22(36-4)16-14-20/h5,7-16,29,32H,6,17-18H2,1-4H3,(H,30,33). The molecule has 10 heteroatoms. The monoisotopic (exact) mass is 613 g/mol. The first-order chi connectivity index (χ1) is 18.1. The van der Waals surface area contributed by atoms with Crippen molar-refractivity contribution in [2.45, 2.75) is 42.8 Å². The van der Waals surface area contributed by atoms with E-state index in [4.69, 9.17) is 4.74 Å². The first kappa shape index (κ1) is 28.3. The van der Waals surface area contributed by atoms with Gasteiger partial charge in [0, 0.05) is 0 Å². The van der Waals surface area contributed by atoms with Gasteiger partial charge in [-0.1, -0.05) is 0 Å².